The molecule has 1 N–H and O–H groups in total. The Morgan fingerprint density at radius 1 is 1.15 bits per heavy atom. The van der Waals surface area contributed by atoms with Gasteiger partial charge < -0.3 is 24.4 Å². The fourth-order valence-corrected chi connectivity index (χ4v) is 2.08. The maximum atomic E-state index is 12.1. The van der Waals surface area contributed by atoms with E-state index in [1.807, 2.05) is 24.3 Å². The lowest BCUT2D eigenvalue weighted by Crippen LogP contribution is -2.34. The number of alkyl carbamates (subject to hydrolysis) is 1. The van der Waals surface area contributed by atoms with E-state index >= 15 is 0 Å². The minimum atomic E-state index is -0.608. The topological polar surface area (TPSA) is 94.2 Å². The highest BCUT2D eigenvalue weighted by molar-refractivity contribution is 5.80. The van der Waals surface area contributed by atoms with E-state index in [0.717, 1.165) is 5.56 Å². The highest BCUT2D eigenvalue weighted by Gasteiger charge is 2.17. The Hall–Kier alpha value is -2.77. The second-order valence-electron chi connectivity index (χ2n) is 6.90. The van der Waals surface area contributed by atoms with Crippen molar-refractivity contribution in [3.8, 4) is 5.75 Å². The van der Waals surface area contributed by atoms with Gasteiger partial charge >= 0.3 is 12.1 Å². The third-order valence-electron chi connectivity index (χ3n) is 3.38. The number of hydrogen-bond acceptors (Lipinski definition) is 6. The number of para-hydroxylation sites is 1. The van der Waals surface area contributed by atoms with E-state index in [0.29, 0.717) is 12.3 Å². The number of ether oxygens (including phenoxy) is 3. The van der Waals surface area contributed by atoms with Crippen LogP contribution in [0.2, 0.25) is 0 Å². The maximum absolute atomic E-state index is 12.1. The quantitative estimate of drug-likeness (QED) is 0.694. The van der Waals surface area contributed by atoms with Crippen molar-refractivity contribution >= 4 is 18.0 Å². The maximum Gasteiger partial charge on any atom is 0.407 e. The van der Waals surface area contributed by atoms with E-state index in [1.165, 1.54) is 4.90 Å². The number of carbonyl (C=O) groups excluding carboxylic acids is 3. The van der Waals surface area contributed by atoms with Crippen LogP contribution in [0.1, 0.15) is 32.8 Å². The van der Waals surface area contributed by atoms with E-state index in [9.17, 15) is 14.4 Å². The molecular weight excluding hydrogens is 352 g/mol. The van der Waals surface area contributed by atoms with Crippen molar-refractivity contribution in [1.29, 1.82) is 0 Å². The lowest BCUT2D eigenvalue weighted by atomic mass is 10.2. The van der Waals surface area contributed by atoms with Crippen molar-refractivity contribution in [2.24, 2.45) is 0 Å². The summed E-state index contributed by atoms with van der Waals surface area (Å²) in [5.74, 6) is -0.234. The van der Waals surface area contributed by atoms with Gasteiger partial charge in [-0.25, -0.2) is 4.79 Å². The number of carbonyl (C=O) groups is 3. The van der Waals surface area contributed by atoms with Crippen LogP contribution in [0.3, 0.4) is 0 Å². The number of esters is 1. The second-order valence-corrected chi connectivity index (χ2v) is 6.90. The predicted octanol–water partition coefficient (Wildman–Crippen LogP) is 2.11. The summed E-state index contributed by atoms with van der Waals surface area (Å²) in [5.41, 5.74) is 0.243. The van der Waals surface area contributed by atoms with E-state index in [4.69, 9.17) is 14.2 Å². The predicted molar refractivity (Wildman–Crippen MR) is 99.3 cm³/mol. The number of benzene rings is 1. The average molecular weight is 380 g/mol. The molecule has 1 aromatic rings. The van der Waals surface area contributed by atoms with Gasteiger partial charge in [-0.3, -0.25) is 9.59 Å². The zero-order valence-corrected chi connectivity index (χ0v) is 16.5. The second kappa shape index (κ2) is 10.4. The van der Waals surface area contributed by atoms with Gasteiger partial charge in [0.1, 0.15) is 11.4 Å². The van der Waals surface area contributed by atoms with Crippen molar-refractivity contribution in [2.75, 3.05) is 27.3 Å². The van der Waals surface area contributed by atoms with Gasteiger partial charge in [0, 0.05) is 25.7 Å². The zero-order valence-electron chi connectivity index (χ0n) is 16.5. The Morgan fingerprint density at radius 2 is 1.81 bits per heavy atom. The molecule has 2 amide bonds. The Labute approximate surface area is 159 Å². The van der Waals surface area contributed by atoms with Crippen LogP contribution in [0.4, 0.5) is 4.79 Å². The van der Waals surface area contributed by atoms with Gasteiger partial charge in [-0.2, -0.15) is 0 Å². The van der Waals surface area contributed by atoms with Crippen molar-refractivity contribution < 1.29 is 28.6 Å². The fraction of sp³-hybridized carbons (Fsp3) is 0.526. The third-order valence-corrected chi connectivity index (χ3v) is 3.38. The minimum Gasteiger partial charge on any atom is -0.496 e. The number of nitrogens with zero attached hydrogens (tertiary/aromatic N) is 1. The van der Waals surface area contributed by atoms with E-state index in [2.05, 4.69) is 5.32 Å². The van der Waals surface area contributed by atoms with Gasteiger partial charge in [-0.05, 0) is 26.8 Å². The molecular formula is C19H28N2O6. The third kappa shape index (κ3) is 8.94. The molecule has 0 atom stereocenters. The van der Waals surface area contributed by atoms with Crippen LogP contribution in [0.5, 0.6) is 5.75 Å². The number of nitrogens with one attached hydrogen (secondary N) is 1. The molecule has 0 aliphatic heterocycles. The van der Waals surface area contributed by atoms with Gasteiger partial charge in [0.05, 0.1) is 13.5 Å². The Balaban J connectivity index is 2.32. The molecule has 27 heavy (non-hydrogen) atoms. The first-order valence-electron chi connectivity index (χ1n) is 8.60. The summed E-state index contributed by atoms with van der Waals surface area (Å²) in [5, 5.41) is 2.45. The molecule has 0 heterocycles. The van der Waals surface area contributed by atoms with Crippen molar-refractivity contribution in [3.63, 3.8) is 0 Å². The Kier molecular flexibility index (Phi) is 8.58. The van der Waals surface area contributed by atoms with Crippen LogP contribution in [-0.4, -0.2) is 55.8 Å². The van der Waals surface area contributed by atoms with Gasteiger partial charge in [0.2, 0.25) is 0 Å². The van der Waals surface area contributed by atoms with Gasteiger partial charge in [0.25, 0.3) is 5.91 Å². The number of hydrogen-bond donors (Lipinski definition) is 1. The molecule has 0 fully saturated rings. The molecule has 1 aromatic carbocycles. The monoisotopic (exact) mass is 380 g/mol. The summed E-state index contributed by atoms with van der Waals surface area (Å²) >= 11 is 0. The van der Waals surface area contributed by atoms with Crippen molar-refractivity contribution in [1.82, 2.24) is 10.2 Å². The first kappa shape index (κ1) is 22.3. The standard InChI is InChI=1S/C19H28N2O6/c1-19(2,3)27-18(24)20-11-10-17(23)26-13-16(22)21(4)12-14-8-6-7-9-15(14)25-5/h6-9H,10-13H2,1-5H3,(H,20,24). The number of amides is 2. The van der Waals surface area contributed by atoms with Crippen LogP contribution in [0.15, 0.2) is 24.3 Å². The molecule has 0 saturated heterocycles. The molecule has 0 aliphatic rings. The average Bonchev–Trinajstić information content (AvgIpc) is 2.58. The summed E-state index contributed by atoms with van der Waals surface area (Å²) in [6, 6.07) is 7.37. The first-order chi connectivity index (χ1) is 12.6. The van der Waals surface area contributed by atoms with Gasteiger partial charge in [-0.15, -0.1) is 0 Å². The number of rotatable bonds is 8. The summed E-state index contributed by atoms with van der Waals surface area (Å²) in [6.07, 6.45) is -0.661. The molecule has 1 rings (SSSR count). The molecule has 8 nitrogen and oxygen atoms in total. The van der Waals surface area contributed by atoms with Crippen LogP contribution < -0.4 is 10.1 Å². The highest BCUT2D eigenvalue weighted by atomic mass is 16.6. The molecule has 0 saturated carbocycles. The van der Waals surface area contributed by atoms with E-state index in [-0.39, 0.29) is 25.5 Å². The molecule has 0 spiro atoms. The van der Waals surface area contributed by atoms with Crippen molar-refractivity contribution in [2.45, 2.75) is 39.3 Å². The molecule has 0 radical (unpaired) electrons. The van der Waals surface area contributed by atoms with Gasteiger partial charge in [-0.1, -0.05) is 18.2 Å². The Bertz CT molecular complexity index is 654. The SMILES string of the molecule is COc1ccccc1CN(C)C(=O)COC(=O)CCNC(=O)OC(C)(C)C. The number of likely N-dealkylation sites (N-methyl/N-ethyl adjacent to an activating group) is 1. The lowest BCUT2D eigenvalue weighted by molar-refractivity contribution is -0.151. The fourth-order valence-electron chi connectivity index (χ4n) is 2.08. The van der Waals surface area contributed by atoms with Crippen LogP contribution in [0.25, 0.3) is 0 Å². The van der Waals surface area contributed by atoms with E-state index in [1.54, 1.807) is 34.9 Å². The van der Waals surface area contributed by atoms with Crippen LogP contribution >= 0.6 is 0 Å². The summed E-state index contributed by atoms with van der Waals surface area (Å²) in [6.45, 7) is 5.27. The normalized spacial score (nSPS) is 10.7. The number of methoxy groups -OCH3 is 1. The van der Waals surface area contributed by atoms with Crippen LogP contribution in [0, 0.1) is 0 Å². The highest BCUT2D eigenvalue weighted by Crippen LogP contribution is 2.18. The van der Waals surface area contributed by atoms with Crippen molar-refractivity contribution in [3.05, 3.63) is 29.8 Å². The summed E-state index contributed by atoms with van der Waals surface area (Å²) < 4.78 is 15.2. The first-order valence-corrected chi connectivity index (χ1v) is 8.60. The Morgan fingerprint density at radius 3 is 2.44 bits per heavy atom. The summed E-state index contributed by atoms with van der Waals surface area (Å²) in [7, 11) is 3.18. The smallest absolute Gasteiger partial charge is 0.407 e. The molecule has 150 valence electrons. The van der Waals surface area contributed by atoms with E-state index < -0.39 is 17.7 Å². The molecule has 0 aromatic heterocycles. The van der Waals surface area contributed by atoms with Crippen LogP contribution in [-0.2, 0) is 25.6 Å². The molecule has 8 heteroatoms. The molecule has 0 unspecified atom stereocenters. The minimum absolute atomic E-state index is 0.0528. The van der Waals surface area contributed by atoms with Gasteiger partial charge in [0.15, 0.2) is 6.61 Å². The molecule has 0 bridgehead atoms. The molecule has 0 aliphatic carbocycles. The zero-order chi connectivity index (χ0) is 20.4. The summed E-state index contributed by atoms with van der Waals surface area (Å²) in [4.78, 5) is 36.7. The lowest BCUT2D eigenvalue weighted by Gasteiger charge is -2.19. The largest absolute Gasteiger partial charge is 0.496 e.